The molecule has 0 aliphatic heterocycles. The molecule has 0 heterocycles. The van der Waals surface area contributed by atoms with Gasteiger partial charge in [0.2, 0.25) is 0 Å². The third kappa shape index (κ3) is 2.54. The fourth-order valence-electron chi connectivity index (χ4n) is 1.70. The van der Waals surface area contributed by atoms with Gasteiger partial charge in [0.25, 0.3) is 0 Å². The lowest BCUT2D eigenvalue weighted by atomic mass is 10.1. The molecule has 88 valence electrons. The van der Waals surface area contributed by atoms with Crippen LogP contribution in [0.5, 0.6) is 0 Å². The fraction of sp³-hybridized carbons (Fsp3) is 0.462. The van der Waals surface area contributed by atoms with E-state index in [1.165, 1.54) is 0 Å². The van der Waals surface area contributed by atoms with Crippen LogP contribution in [0.1, 0.15) is 36.2 Å². The van der Waals surface area contributed by atoms with E-state index >= 15 is 0 Å². The maximum atomic E-state index is 10.8. The molecule has 1 atom stereocenters. The minimum absolute atomic E-state index is 0.346. The molecule has 0 aromatic heterocycles. The molecule has 1 aromatic carbocycles. The van der Waals surface area contributed by atoms with Gasteiger partial charge in [0.15, 0.2) is 0 Å². The average molecular weight is 221 g/mol. The van der Waals surface area contributed by atoms with Crippen molar-refractivity contribution in [3.8, 4) is 0 Å². The number of aromatic carboxylic acids is 1. The zero-order valence-corrected chi connectivity index (χ0v) is 10.3. The van der Waals surface area contributed by atoms with Crippen molar-refractivity contribution < 1.29 is 9.90 Å². The fourth-order valence-corrected chi connectivity index (χ4v) is 1.70. The van der Waals surface area contributed by atoms with Gasteiger partial charge in [-0.05, 0) is 44.0 Å². The monoisotopic (exact) mass is 221 g/mol. The molecule has 3 heteroatoms. The van der Waals surface area contributed by atoms with Crippen LogP contribution >= 0.6 is 0 Å². The van der Waals surface area contributed by atoms with E-state index in [9.17, 15) is 4.79 Å². The predicted octanol–water partition coefficient (Wildman–Crippen LogP) is 2.93. The molecule has 16 heavy (non-hydrogen) atoms. The first kappa shape index (κ1) is 12.6. The number of rotatable bonds is 4. The summed E-state index contributed by atoms with van der Waals surface area (Å²) in [7, 11) is 2.04. The van der Waals surface area contributed by atoms with E-state index in [0.29, 0.717) is 11.6 Å². The smallest absolute Gasteiger partial charge is 0.335 e. The van der Waals surface area contributed by atoms with Gasteiger partial charge in [-0.15, -0.1) is 0 Å². The van der Waals surface area contributed by atoms with E-state index in [0.717, 1.165) is 17.7 Å². The van der Waals surface area contributed by atoms with E-state index in [1.807, 2.05) is 20.0 Å². The van der Waals surface area contributed by atoms with E-state index < -0.39 is 5.97 Å². The molecular weight excluding hydrogens is 202 g/mol. The number of hydrogen-bond acceptors (Lipinski definition) is 2. The van der Waals surface area contributed by atoms with Gasteiger partial charge in [-0.3, -0.25) is 0 Å². The first-order chi connectivity index (χ1) is 7.47. The summed E-state index contributed by atoms with van der Waals surface area (Å²) in [4.78, 5) is 13.0. The lowest BCUT2D eigenvalue weighted by molar-refractivity contribution is 0.0697. The zero-order valence-electron chi connectivity index (χ0n) is 10.3. The predicted molar refractivity (Wildman–Crippen MR) is 66.3 cm³/mol. The number of nitrogens with zero attached hydrogens (tertiary/aromatic N) is 1. The topological polar surface area (TPSA) is 40.5 Å². The molecular formula is C13H19NO2. The maximum Gasteiger partial charge on any atom is 0.335 e. The highest BCUT2D eigenvalue weighted by molar-refractivity contribution is 5.88. The molecule has 0 aliphatic carbocycles. The molecule has 1 unspecified atom stereocenters. The normalized spacial score (nSPS) is 12.2. The first-order valence-electron chi connectivity index (χ1n) is 5.54. The van der Waals surface area contributed by atoms with Crippen molar-refractivity contribution in [2.75, 3.05) is 11.9 Å². The molecule has 0 radical (unpaired) electrons. The van der Waals surface area contributed by atoms with Crippen LogP contribution in [0.25, 0.3) is 0 Å². The van der Waals surface area contributed by atoms with Crippen molar-refractivity contribution in [2.24, 2.45) is 0 Å². The van der Waals surface area contributed by atoms with Gasteiger partial charge in [-0.2, -0.15) is 0 Å². The van der Waals surface area contributed by atoms with Crippen LogP contribution in [0.15, 0.2) is 18.2 Å². The first-order valence-corrected chi connectivity index (χ1v) is 5.54. The molecule has 0 bridgehead atoms. The summed E-state index contributed by atoms with van der Waals surface area (Å²) in [6, 6.07) is 5.71. The maximum absolute atomic E-state index is 10.8. The zero-order chi connectivity index (χ0) is 12.3. The second-order valence-electron chi connectivity index (χ2n) is 4.17. The Kier molecular flexibility index (Phi) is 3.93. The minimum Gasteiger partial charge on any atom is -0.478 e. The summed E-state index contributed by atoms with van der Waals surface area (Å²) < 4.78 is 0. The third-order valence-corrected chi connectivity index (χ3v) is 3.08. The lowest BCUT2D eigenvalue weighted by Gasteiger charge is -2.27. The largest absolute Gasteiger partial charge is 0.478 e. The van der Waals surface area contributed by atoms with Crippen LogP contribution in [0.2, 0.25) is 0 Å². The van der Waals surface area contributed by atoms with Gasteiger partial charge in [-0.25, -0.2) is 4.79 Å². The van der Waals surface area contributed by atoms with Crippen LogP contribution in [0.4, 0.5) is 5.69 Å². The van der Waals surface area contributed by atoms with Gasteiger partial charge in [-0.1, -0.05) is 6.92 Å². The van der Waals surface area contributed by atoms with Crippen LogP contribution in [-0.4, -0.2) is 24.2 Å². The van der Waals surface area contributed by atoms with Crippen molar-refractivity contribution in [1.82, 2.24) is 0 Å². The molecule has 0 fully saturated rings. The van der Waals surface area contributed by atoms with Crippen molar-refractivity contribution in [3.63, 3.8) is 0 Å². The Morgan fingerprint density at radius 2 is 2.12 bits per heavy atom. The number of anilines is 1. The second-order valence-corrected chi connectivity index (χ2v) is 4.17. The Labute approximate surface area is 96.7 Å². The minimum atomic E-state index is -0.874. The molecule has 0 saturated heterocycles. The molecule has 0 aliphatic rings. The molecule has 1 aromatic rings. The number of hydrogen-bond donors (Lipinski definition) is 1. The molecule has 3 nitrogen and oxygen atoms in total. The highest BCUT2D eigenvalue weighted by atomic mass is 16.4. The Morgan fingerprint density at radius 3 is 2.56 bits per heavy atom. The summed E-state index contributed by atoms with van der Waals surface area (Å²) in [5.74, 6) is -0.874. The quantitative estimate of drug-likeness (QED) is 0.849. The third-order valence-electron chi connectivity index (χ3n) is 3.08. The summed E-state index contributed by atoms with van der Waals surface area (Å²) in [5.41, 5.74) is 2.45. The van der Waals surface area contributed by atoms with Crippen molar-refractivity contribution in [1.29, 1.82) is 0 Å². The van der Waals surface area contributed by atoms with Gasteiger partial charge < -0.3 is 10.0 Å². The Bertz CT molecular complexity index is 388. The molecule has 1 N–H and O–H groups in total. The number of carboxylic acid groups (broad SMARTS) is 1. The SMILES string of the molecule is CCC(C)N(C)c1ccc(C(=O)O)cc1C. The van der Waals surface area contributed by atoms with E-state index in [2.05, 4.69) is 18.7 Å². The van der Waals surface area contributed by atoms with E-state index in [1.54, 1.807) is 12.1 Å². The van der Waals surface area contributed by atoms with Gasteiger partial charge >= 0.3 is 5.97 Å². The van der Waals surface area contributed by atoms with Crippen LogP contribution in [0, 0.1) is 6.92 Å². The van der Waals surface area contributed by atoms with Crippen LogP contribution in [-0.2, 0) is 0 Å². The second kappa shape index (κ2) is 5.01. The molecule has 0 spiro atoms. The summed E-state index contributed by atoms with van der Waals surface area (Å²) in [6.07, 6.45) is 1.07. The number of aryl methyl sites for hydroxylation is 1. The van der Waals surface area contributed by atoms with Gasteiger partial charge in [0.05, 0.1) is 5.56 Å². The molecule has 0 amide bonds. The Balaban J connectivity index is 3.03. The van der Waals surface area contributed by atoms with Crippen molar-refractivity contribution in [2.45, 2.75) is 33.2 Å². The van der Waals surface area contributed by atoms with E-state index in [-0.39, 0.29) is 0 Å². The lowest BCUT2D eigenvalue weighted by Crippen LogP contribution is -2.28. The average Bonchev–Trinajstić information content (AvgIpc) is 2.26. The summed E-state index contributed by atoms with van der Waals surface area (Å²) in [6.45, 7) is 6.24. The summed E-state index contributed by atoms with van der Waals surface area (Å²) in [5, 5.41) is 8.88. The van der Waals surface area contributed by atoms with Crippen LogP contribution in [0.3, 0.4) is 0 Å². The summed E-state index contributed by atoms with van der Waals surface area (Å²) >= 11 is 0. The molecule has 0 saturated carbocycles. The van der Waals surface area contributed by atoms with Crippen molar-refractivity contribution in [3.05, 3.63) is 29.3 Å². The Hall–Kier alpha value is -1.51. The highest BCUT2D eigenvalue weighted by Gasteiger charge is 2.12. The van der Waals surface area contributed by atoms with Gasteiger partial charge in [0, 0.05) is 18.8 Å². The number of carbonyl (C=O) groups is 1. The van der Waals surface area contributed by atoms with Crippen LogP contribution < -0.4 is 4.90 Å². The Morgan fingerprint density at radius 1 is 1.50 bits per heavy atom. The molecule has 1 rings (SSSR count). The highest BCUT2D eigenvalue weighted by Crippen LogP contribution is 2.22. The van der Waals surface area contributed by atoms with E-state index in [4.69, 9.17) is 5.11 Å². The standard InChI is InChI=1S/C13H19NO2/c1-5-10(3)14(4)12-7-6-11(13(15)16)8-9(12)2/h6-8,10H,5H2,1-4H3,(H,15,16). The number of benzene rings is 1. The number of carboxylic acids is 1. The van der Waals surface area contributed by atoms with Crippen molar-refractivity contribution >= 4 is 11.7 Å². The van der Waals surface area contributed by atoms with Gasteiger partial charge in [0.1, 0.15) is 0 Å².